The molecule has 1 saturated heterocycles. The van der Waals surface area contributed by atoms with Crippen molar-refractivity contribution in [3.05, 3.63) is 58.4 Å². The summed E-state index contributed by atoms with van der Waals surface area (Å²) in [7, 11) is 0. The van der Waals surface area contributed by atoms with Crippen molar-refractivity contribution in [3.8, 4) is 0 Å². The van der Waals surface area contributed by atoms with Crippen molar-refractivity contribution >= 4 is 62.2 Å². The number of fused-ring (bicyclic) bond motifs is 1. The fourth-order valence-corrected chi connectivity index (χ4v) is 5.13. The summed E-state index contributed by atoms with van der Waals surface area (Å²) in [6, 6.07) is 15.0. The van der Waals surface area contributed by atoms with E-state index < -0.39 is 11.4 Å². The number of amides is 2. The predicted octanol–water partition coefficient (Wildman–Crippen LogP) is 4.96. The number of nitrogens with one attached hydrogen (secondary N) is 1. The Morgan fingerprint density at radius 1 is 1.06 bits per heavy atom. The lowest BCUT2D eigenvalue weighted by Gasteiger charge is -2.37. The Balaban J connectivity index is 1.33. The van der Waals surface area contributed by atoms with E-state index in [4.69, 9.17) is 11.6 Å². The summed E-state index contributed by atoms with van der Waals surface area (Å²) in [6.07, 6.45) is -0.0112. The van der Waals surface area contributed by atoms with Crippen LogP contribution in [-0.2, 0) is 9.59 Å². The topological polar surface area (TPSA) is 90.0 Å². The molecule has 4 rings (SSSR count). The Labute approximate surface area is 206 Å². The Kier molecular flexibility index (Phi) is 6.81. The average molecular weight is 500 g/mol. The molecular weight excluding hydrogens is 474 g/mol. The third-order valence-corrected chi connectivity index (χ3v) is 7.46. The standard InChI is InChI=1S/C25H26ClN3O4S/c1-25(2,24(32)33)15-22(30)29-12-10-28(11-13-29)17-8-6-16(7-9-17)27-23(31)21-14-18-19(26)4-3-5-20(18)34-21/h3-9,14H,10-13,15H2,1-2H3,(H,27,31)(H,32,33). The average Bonchev–Trinajstić information content (AvgIpc) is 3.25. The second-order valence-electron chi connectivity index (χ2n) is 9.00. The summed E-state index contributed by atoms with van der Waals surface area (Å²) >= 11 is 7.62. The van der Waals surface area contributed by atoms with E-state index in [2.05, 4.69) is 10.2 Å². The number of nitrogens with zero attached hydrogens (tertiary/aromatic N) is 2. The summed E-state index contributed by atoms with van der Waals surface area (Å²) in [4.78, 5) is 41.0. The van der Waals surface area contributed by atoms with Crippen LogP contribution in [-0.4, -0.2) is 54.0 Å². The highest BCUT2D eigenvalue weighted by Crippen LogP contribution is 2.31. The molecule has 7 nitrogen and oxygen atoms in total. The van der Waals surface area contributed by atoms with Gasteiger partial charge in [-0.3, -0.25) is 14.4 Å². The minimum Gasteiger partial charge on any atom is -0.481 e. The van der Waals surface area contributed by atoms with Crippen LogP contribution in [0.2, 0.25) is 5.02 Å². The number of rotatable bonds is 6. The van der Waals surface area contributed by atoms with Gasteiger partial charge in [0.25, 0.3) is 5.91 Å². The maximum Gasteiger partial charge on any atom is 0.309 e. The molecule has 178 valence electrons. The van der Waals surface area contributed by atoms with Gasteiger partial charge in [-0.1, -0.05) is 17.7 Å². The van der Waals surface area contributed by atoms with Crippen molar-refractivity contribution in [3.63, 3.8) is 0 Å². The first kappa shape index (κ1) is 24.0. The zero-order valence-corrected chi connectivity index (χ0v) is 20.6. The lowest BCUT2D eigenvalue weighted by Crippen LogP contribution is -2.49. The first-order chi connectivity index (χ1) is 16.1. The van der Waals surface area contributed by atoms with E-state index in [-0.39, 0.29) is 18.2 Å². The number of thiophene rings is 1. The molecule has 2 heterocycles. The predicted molar refractivity (Wildman–Crippen MR) is 136 cm³/mol. The van der Waals surface area contributed by atoms with Gasteiger partial charge in [-0.25, -0.2) is 0 Å². The molecule has 2 amide bonds. The number of aliphatic carboxylic acids is 1. The van der Waals surface area contributed by atoms with Crippen LogP contribution in [0.4, 0.5) is 11.4 Å². The highest BCUT2D eigenvalue weighted by molar-refractivity contribution is 7.21. The Bertz CT molecular complexity index is 1230. The largest absolute Gasteiger partial charge is 0.481 e. The number of carbonyl (C=O) groups is 3. The molecule has 2 N–H and O–H groups in total. The molecule has 1 aliphatic rings. The summed E-state index contributed by atoms with van der Waals surface area (Å²) in [5.74, 6) is -1.28. The maximum atomic E-state index is 12.7. The Morgan fingerprint density at radius 3 is 2.35 bits per heavy atom. The van der Waals surface area contributed by atoms with Gasteiger partial charge in [0.1, 0.15) is 0 Å². The van der Waals surface area contributed by atoms with Crippen molar-refractivity contribution in [2.24, 2.45) is 5.41 Å². The van der Waals surface area contributed by atoms with Gasteiger partial charge in [-0.15, -0.1) is 11.3 Å². The second-order valence-corrected chi connectivity index (χ2v) is 10.5. The Hall–Kier alpha value is -3.10. The second kappa shape index (κ2) is 9.64. The molecule has 1 aromatic heterocycles. The van der Waals surface area contributed by atoms with Gasteiger partial charge in [0.15, 0.2) is 0 Å². The van der Waals surface area contributed by atoms with Gasteiger partial charge in [0.05, 0.1) is 10.3 Å². The highest BCUT2D eigenvalue weighted by Gasteiger charge is 2.33. The van der Waals surface area contributed by atoms with E-state index in [9.17, 15) is 19.5 Å². The van der Waals surface area contributed by atoms with E-state index >= 15 is 0 Å². The summed E-state index contributed by atoms with van der Waals surface area (Å²) in [5.41, 5.74) is 0.628. The van der Waals surface area contributed by atoms with Crippen LogP contribution in [0.1, 0.15) is 29.9 Å². The van der Waals surface area contributed by atoms with E-state index in [0.29, 0.717) is 41.8 Å². The molecule has 9 heteroatoms. The molecule has 0 saturated carbocycles. The first-order valence-corrected chi connectivity index (χ1v) is 12.2. The molecule has 0 bridgehead atoms. The fourth-order valence-electron chi connectivity index (χ4n) is 3.87. The van der Waals surface area contributed by atoms with Gasteiger partial charge in [0, 0.05) is 59.1 Å². The summed E-state index contributed by atoms with van der Waals surface area (Å²) < 4.78 is 0.970. The van der Waals surface area contributed by atoms with Crippen molar-refractivity contribution in [1.82, 2.24) is 4.90 Å². The number of hydrogen-bond donors (Lipinski definition) is 2. The maximum absolute atomic E-state index is 12.7. The number of anilines is 2. The van der Waals surface area contributed by atoms with E-state index in [0.717, 1.165) is 15.8 Å². The minimum atomic E-state index is -1.07. The lowest BCUT2D eigenvalue weighted by atomic mass is 9.89. The van der Waals surface area contributed by atoms with Crippen LogP contribution >= 0.6 is 22.9 Å². The number of piperazine rings is 1. The number of carbonyl (C=O) groups excluding carboxylic acids is 2. The first-order valence-electron chi connectivity index (χ1n) is 11.0. The Morgan fingerprint density at radius 2 is 1.74 bits per heavy atom. The number of hydrogen-bond acceptors (Lipinski definition) is 5. The summed E-state index contributed by atoms with van der Waals surface area (Å²) in [6.45, 7) is 5.55. The molecule has 1 fully saturated rings. The third-order valence-electron chi connectivity index (χ3n) is 6.03. The fraction of sp³-hybridized carbons (Fsp3) is 0.320. The van der Waals surface area contributed by atoms with Crippen LogP contribution in [0.5, 0.6) is 0 Å². The van der Waals surface area contributed by atoms with Crippen LogP contribution in [0, 0.1) is 5.41 Å². The van der Waals surface area contributed by atoms with Crippen LogP contribution in [0.25, 0.3) is 10.1 Å². The van der Waals surface area contributed by atoms with E-state index in [1.165, 1.54) is 11.3 Å². The number of carboxylic acid groups (broad SMARTS) is 1. The van der Waals surface area contributed by atoms with E-state index in [1.807, 2.05) is 48.5 Å². The van der Waals surface area contributed by atoms with Gasteiger partial charge < -0.3 is 20.2 Å². The van der Waals surface area contributed by atoms with Gasteiger partial charge in [0.2, 0.25) is 5.91 Å². The molecule has 2 aromatic carbocycles. The SMILES string of the molecule is CC(C)(CC(=O)N1CCN(c2ccc(NC(=O)c3cc4c(Cl)cccc4s3)cc2)CC1)C(=O)O. The monoisotopic (exact) mass is 499 g/mol. The molecule has 34 heavy (non-hydrogen) atoms. The van der Waals surface area contributed by atoms with Crippen molar-refractivity contribution in [1.29, 1.82) is 0 Å². The smallest absolute Gasteiger partial charge is 0.309 e. The molecule has 0 radical (unpaired) electrons. The minimum absolute atomic E-state index is 0.0112. The number of benzene rings is 2. The van der Waals surface area contributed by atoms with Gasteiger partial charge in [-0.05, 0) is 56.3 Å². The quantitative estimate of drug-likeness (QED) is 0.500. The van der Waals surface area contributed by atoms with Crippen molar-refractivity contribution in [2.45, 2.75) is 20.3 Å². The highest BCUT2D eigenvalue weighted by atomic mass is 35.5. The molecule has 0 spiro atoms. The molecule has 0 atom stereocenters. The number of halogens is 1. The van der Waals surface area contributed by atoms with Crippen LogP contribution in [0.3, 0.4) is 0 Å². The molecule has 0 unspecified atom stereocenters. The van der Waals surface area contributed by atoms with Gasteiger partial charge in [-0.2, -0.15) is 0 Å². The normalized spacial score (nSPS) is 14.3. The molecular formula is C25H26ClN3O4S. The summed E-state index contributed by atoms with van der Waals surface area (Å²) in [5, 5.41) is 13.7. The lowest BCUT2D eigenvalue weighted by molar-refractivity contribution is -0.151. The van der Waals surface area contributed by atoms with Crippen molar-refractivity contribution in [2.75, 3.05) is 36.4 Å². The van der Waals surface area contributed by atoms with Gasteiger partial charge >= 0.3 is 5.97 Å². The van der Waals surface area contributed by atoms with Crippen molar-refractivity contribution < 1.29 is 19.5 Å². The molecule has 0 aliphatic carbocycles. The third kappa shape index (κ3) is 5.18. The molecule has 3 aromatic rings. The van der Waals surface area contributed by atoms with Crippen LogP contribution in [0.15, 0.2) is 48.5 Å². The zero-order chi connectivity index (χ0) is 24.5. The number of carboxylic acids is 1. The zero-order valence-electron chi connectivity index (χ0n) is 19.0. The molecule has 1 aliphatic heterocycles. The van der Waals surface area contributed by atoms with Crippen LogP contribution < -0.4 is 10.2 Å². The van der Waals surface area contributed by atoms with E-state index in [1.54, 1.807) is 18.7 Å².